The third-order valence-corrected chi connectivity index (χ3v) is 2.67. The monoisotopic (exact) mass is 269 g/mol. The van der Waals surface area contributed by atoms with Crippen LogP contribution in [0.4, 0.5) is 0 Å². The minimum absolute atomic E-state index is 0.240. The van der Waals surface area contributed by atoms with E-state index in [9.17, 15) is 4.79 Å². The van der Waals surface area contributed by atoms with E-state index >= 15 is 0 Å². The first kappa shape index (κ1) is 13.8. The molecule has 1 aromatic carbocycles. The van der Waals surface area contributed by atoms with Gasteiger partial charge in [0.2, 0.25) is 5.76 Å². The minimum atomic E-state index is -0.279. The Morgan fingerprint density at radius 2 is 2.35 bits per heavy atom. The lowest BCUT2D eigenvalue weighted by atomic mass is 10.1. The maximum atomic E-state index is 11.9. The summed E-state index contributed by atoms with van der Waals surface area (Å²) in [6, 6.07) is 7.62. The molecule has 2 rings (SSSR count). The fourth-order valence-electron chi connectivity index (χ4n) is 1.69. The number of aryl methyl sites for hydroxylation is 1. The molecule has 0 saturated carbocycles. The van der Waals surface area contributed by atoms with Crippen molar-refractivity contribution in [2.45, 2.75) is 13.5 Å². The molecule has 1 aromatic heterocycles. The van der Waals surface area contributed by atoms with Crippen molar-refractivity contribution in [1.82, 2.24) is 10.3 Å². The van der Waals surface area contributed by atoms with Crippen LogP contribution in [0, 0.1) is 18.8 Å². The first-order chi connectivity index (χ1) is 9.70. The number of rotatable bonds is 3. The summed E-state index contributed by atoms with van der Waals surface area (Å²) in [4.78, 5) is 15.8. The van der Waals surface area contributed by atoms with Crippen molar-refractivity contribution >= 4 is 5.91 Å². The van der Waals surface area contributed by atoms with Crippen LogP contribution in [0.2, 0.25) is 0 Å². The van der Waals surface area contributed by atoms with Crippen LogP contribution in [0.25, 0.3) is 0 Å². The number of hydrogen-bond acceptors (Lipinski definition) is 4. The number of nitrogens with one attached hydrogen (secondary N) is 1. The van der Waals surface area contributed by atoms with E-state index in [1.807, 2.05) is 24.3 Å². The number of hydrogen-bond donors (Lipinski definition) is 2. The highest BCUT2D eigenvalue weighted by molar-refractivity contribution is 5.92. The Morgan fingerprint density at radius 1 is 1.50 bits per heavy atom. The van der Waals surface area contributed by atoms with Gasteiger partial charge in [0.05, 0.1) is 12.2 Å². The molecule has 5 heteroatoms. The SMILES string of the molecule is Cc1ncoc1C(=O)NCc1cccc(C#CCN)c1. The molecular formula is C15H15N3O2. The molecule has 0 aliphatic rings. The van der Waals surface area contributed by atoms with Crippen LogP contribution in [-0.4, -0.2) is 17.4 Å². The van der Waals surface area contributed by atoms with Crippen LogP contribution in [0.1, 0.15) is 27.4 Å². The Kier molecular flexibility index (Phi) is 4.53. The smallest absolute Gasteiger partial charge is 0.289 e. The van der Waals surface area contributed by atoms with Crippen molar-refractivity contribution in [2.24, 2.45) is 5.73 Å². The second-order valence-corrected chi connectivity index (χ2v) is 4.16. The van der Waals surface area contributed by atoms with Gasteiger partial charge in [-0.25, -0.2) is 4.98 Å². The molecule has 5 nitrogen and oxygen atoms in total. The molecule has 0 aliphatic heterocycles. The molecule has 0 aliphatic carbocycles. The molecule has 0 atom stereocenters. The molecule has 0 radical (unpaired) electrons. The van der Waals surface area contributed by atoms with Crippen LogP contribution in [0.3, 0.4) is 0 Å². The van der Waals surface area contributed by atoms with Crippen molar-refractivity contribution in [2.75, 3.05) is 6.54 Å². The lowest BCUT2D eigenvalue weighted by Crippen LogP contribution is -2.23. The van der Waals surface area contributed by atoms with Crippen molar-refractivity contribution in [3.8, 4) is 11.8 Å². The van der Waals surface area contributed by atoms with Gasteiger partial charge in [0.15, 0.2) is 6.39 Å². The molecule has 20 heavy (non-hydrogen) atoms. The van der Waals surface area contributed by atoms with Gasteiger partial charge in [-0.3, -0.25) is 4.79 Å². The second-order valence-electron chi connectivity index (χ2n) is 4.16. The van der Waals surface area contributed by atoms with Crippen molar-refractivity contribution in [1.29, 1.82) is 0 Å². The van der Waals surface area contributed by atoms with Gasteiger partial charge in [-0.05, 0) is 24.6 Å². The van der Waals surface area contributed by atoms with Gasteiger partial charge in [0, 0.05) is 12.1 Å². The number of benzene rings is 1. The second kappa shape index (κ2) is 6.55. The molecule has 0 unspecified atom stereocenters. The van der Waals surface area contributed by atoms with Crippen LogP contribution in [0.15, 0.2) is 35.1 Å². The quantitative estimate of drug-likeness (QED) is 0.821. The molecular weight excluding hydrogens is 254 g/mol. The number of aromatic nitrogens is 1. The number of carbonyl (C=O) groups is 1. The standard InChI is InChI=1S/C15H15N3O2/c1-11-14(20-10-18-11)15(19)17-9-13-5-2-4-12(8-13)6-3-7-16/h2,4-5,8,10H,7,9,16H2,1H3,(H,17,19). The summed E-state index contributed by atoms with van der Waals surface area (Å²) in [5.74, 6) is 5.71. The molecule has 0 bridgehead atoms. The van der Waals surface area contributed by atoms with E-state index in [1.165, 1.54) is 6.39 Å². The Labute approximate surface area is 117 Å². The summed E-state index contributed by atoms with van der Waals surface area (Å²) in [5, 5.41) is 2.78. The first-order valence-corrected chi connectivity index (χ1v) is 6.17. The zero-order chi connectivity index (χ0) is 14.4. The fourth-order valence-corrected chi connectivity index (χ4v) is 1.69. The molecule has 1 heterocycles. The van der Waals surface area contributed by atoms with Crippen LogP contribution < -0.4 is 11.1 Å². The summed E-state index contributed by atoms with van der Waals surface area (Å²) in [6.45, 7) is 2.45. The van der Waals surface area contributed by atoms with Gasteiger partial charge >= 0.3 is 0 Å². The summed E-state index contributed by atoms with van der Waals surface area (Å²) in [6.07, 6.45) is 1.26. The highest BCUT2D eigenvalue weighted by atomic mass is 16.3. The predicted octanol–water partition coefficient (Wildman–Crippen LogP) is 1.22. The summed E-state index contributed by atoms with van der Waals surface area (Å²) >= 11 is 0. The van der Waals surface area contributed by atoms with E-state index in [-0.39, 0.29) is 11.7 Å². The van der Waals surface area contributed by atoms with Gasteiger partial charge in [-0.1, -0.05) is 24.0 Å². The number of nitrogens with zero attached hydrogens (tertiary/aromatic N) is 1. The molecule has 0 fully saturated rings. The fraction of sp³-hybridized carbons (Fsp3) is 0.200. The number of amides is 1. The zero-order valence-corrected chi connectivity index (χ0v) is 11.1. The average molecular weight is 269 g/mol. The number of oxazole rings is 1. The topological polar surface area (TPSA) is 81.2 Å². The minimum Gasteiger partial charge on any atom is -0.438 e. The molecule has 1 amide bonds. The van der Waals surface area contributed by atoms with Crippen LogP contribution >= 0.6 is 0 Å². The predicted molar refractivity (Wildman–Crippen MR) is 74.8 cm³/mol. The van der Waals surface area contributed by atoms with E-state index in [2.05, 4.69) is 22.1 Å². The number of carbonyl (C=O) groups excluding carboxylic acids is 1. The van der Waals surface area contributed by atoms with Gasteiger partial charge in [0.1, 0.15) is 0 Å². The summed E-state index contributed by atoms with van der Waals surface area (Å²) in [7, 11) is 0. The van der Waals surface area contributed by atoms with E-state index in [4.69, 9.17) is 10.2 Å². The third-order valence-electron chi connectivity index (χ3n) is 2.67. The molecule has 102 valence electrons. The normalized spacial score (nSPS) is 9.70. The molecule has 2 aromatic rings. The van der Waals surface area contributed by atoms with Crippen molar-refractivity contribution in [3.05, 3.63) is 53.2 Å². The Balaban J connectivity index is 2.01. The van der Waals surface area contributed by atoms with E-state index in [0.717, 1.165) is 11.1 Å². The summed E-state index contributed by atoms with van der Waals surface area (Å²) < 4.78 is 5.03. The highest BCUT2D eigenvalue weighted by Crippen LogP contribution is 2.07. The number of nitrogens with two attached hydrogens (primary N) is 1. The summed E-state index contributed by atoms with van der Waals surface area (Å²) in [5.41, 5.74) is 7.74. The molecule has 3 N–H and O–H groups in total. The van der Waals surface area contributed by atoms with E-state index in [0.29, 0.717) is 18.8 Å². The zero-order valence-electron chi connectivity index (χ0n) is 11.1. The maximum absolute atomic E-state index is 11.9. The largest absolute Gasteiger partial charge is 0.438 e. The average Bonchev–Trinajstić information content (AvgIpc) is 2.89. The Morgan fingerprint density at radius 3 is 3.05 bits per heavy atom. The Bertz CT molecular complexity index is 665. The van der Waals surface area contributed by atoms with Gasteiger partial charge in [0.25, 0.3) is 5.91 Å². The maximum Gasteiger partial charge on any atom is 0.289 e. The van der Waals surface area contributed by atoms with Gasteiger partial charge in [-0.15, -0.1) is 0 Å². The van der Waals surface area contributed by atoms with E-state index < -0.39 is 0 Å². The van der Waals surface area contributed by atoms with Crippen molar-refractivity contribution in [3.63, 3.8) is 0 Å². The van der Waals surface area contributed by atoms with Crippen LogP contribution in [0.5, 0.6) is 0 Å². The highest BCUT2D eigenvalue weighted by Gasteiger charge is 2.13. The molecule has 0 saturated heterocycles. The Hall–Kier alpha value is -2.58. The van der Waals surface area contributed by atoms with Crippen LogP contribution in [-0.2, 0) is 6.54 Å². The third kappa shape index (κ3) is 3.46. The lowest BCUT2D eigenvalue weighted by molar-refractivity contribution is 0.0922. The molecule has 0 spiro atoms. The lowest BCUT2D eigenvalue weighted by Gasteiger charge is -2.04. The van der Waals surface area contributed by atoms with E-state index in [1.54, 1.807) is 6.92 Å². The van der Waals surface area contributed by atoms with Gasteiger partial charge in [-0.2, -0.15) is 0 Å². The van der Waals surface area contributed by atoms with Gasteiger partial charge < -0.3 is 15.5 Å². The van der Waals surface area contributed by atoms with Crippen molar-refractivity contribution < 1.29 is 9.21 Å². The first-order valence-electron chi connectivity index (χ1n) is 6.17.